The van der Waals surface area contributed by atoms with E-state index in [-0.39, 0.29) is 34.9 Å². The smallest absolute Gasteiger partial charge is 0.192 e. The monoisotopic (exact) mass is 324 g/mol. The van der Waals surface area contributed by atoms with E-state index < -0.39 is 30.3 Å². The van der Waals surface area contributed by atoms with Crippen LogP contribution in [0, 0.1) is 0 Å². The molecule has 6 nitrogen and oxygen atoms in total. The van der Waals surface area contributed by atoms with Crippen molar-refractivity contribution in [3.05, 3.63) is 46.5 Å². The van der Waals surface area contributed by atoms with Gasteiger partial charge in [0.25, 0.3) is 0 Å². The molecule has 2 atom stereocenters. The third kappa shape index (κ3) is 2.86. The van der Waals surface area contributed by atoms with Crippen LogP contribution in [0.3, 0.4) is 0 Å². The minimum atomic E-state index is -1.32. The number of carbonyl (C=O) groups is 3. The van der Waals surface area contributed by atoms with Gasteiger partial charge in [-0.15, -0.1) is 12.4 Å². The van der Waals surface area contributed by atoms with E-state index in [1.807, 2.05) is 0 Å². The topological polar surface area (TPSA) is 123 Å². The third-order valence-electron chi connectivity index (χ3n) is 3.59. The lowest BCUT2D eigenvalue weighted by Gasteiger charge is -2.23. The van der Waals surface area contributed by atoms with E-state index in [1.165, 1.54) is 13.0 Å². The minimum absolute atomic E-state index is 0. The number of ketones is 3. The fourth-order valence-electron chi connectivity index (χ4n) is 2.36. The summed E-state index contributed by atoms with van der Waals surface area (Å²) in [5.74, 6) is -1.46. The number of allylic oxidation sites excluding steroid dienone is 1. The zero-order valence-electron chi connectivity index (χ0n) is 11.9. The van der Waals surface area contributed by atoms with Gasteiger partial charge in [0.1, 0.15) is 0 Å². The van der Waals surface area contributed by atoms with E-state index in [4.69, 9.17) is 16.6 Å². The minimum Gasteiger partial charge on any atom is -0.394 e. The molecule has 0 bridgehead atoms. The third-order valence-corrected chi connectivity index (χ3v) is 3.59. The number of nitrogens with two attached hydrogens (primary N) is 2. The summed E-state index contributed by atoms with van der Waals surface area (Å²) < 4.78 is 0. The molecule has 22 heavy (non-hydrogen) atoms. The lowest BCUT2D eigenvalue weighted by atomic mass is 9.80. The second-order valence-electron chi connectivity index (χ2n) is 4.91. The van der Waals surface area contributed by atoms with Crippen LogP contribution in [0.25, 0.3) is 0 Å². The fourth-order valence-corrected chi connectivity index (χ4v) is 2.36. The lowest BCUT2D eigenvalue weighted by Crippen LogP contribution is -2.48. The molecule has 118 valence electrons. The molecule has 1 unspecified atom stereocenters. The highest BCUT2D eigenvalue weighted by Gasteiger charge is 2.36. The standard InChI is InChI=1S/C15H16N2O4.ClH/c1-7-11(12(17)15(21)10(16)6-18)14(20)9-5-3-2-4-8(9)13(7)19;/h2-5,10,12,18H,6,16-17H2,1H3;1H/t10-,12?;/m0./s1. The van der Waals surface area contributed by atoms with Gasteiger partial charge in [-0.3, -0.25) is 14.4 Å². The first-order valence-corrected chi connectivity index (χ1v) is 6.45. The number of benzene rings is 1. The summed E-state index contributed by atoms with van der Waals surface area (Å²) in [4.78, 5) is 36.7. The first kappa shape index (κ1) is 18.2. The number of fused-ring (bicyclic) bond motifs is 1. The van der Waals surface area contributed by atoms with Crippen LogP contribution in [0.1, 0.15) is 27.6 Å². The van der Waals surface area contributed by atoms with Crippen LogP contribution in [0.4, 0.5) is 0 Å². The Balaban J connectivity index is 0.00000242. The van der Waals surface area contributed by atoms with Crippen molar-refractivity contribution in [3.63, 3.8) is 0 Å². The van der Waals surface area contributed by atoms with Crippen LogP contribution in [-0.2, 0) is 4.79 Å². The maximum absolute atomic E-state index is 12.5. The van der Waals surface area contributed by atoms with E-state index in [1.54, 1.807) is 18.2 Å². The van der Waals surface area contributed by atoms with Gasteiger partial charge in [0.2, 0.25) is 0 Å². The predicted molar refractivity (Wildman–Crippen MR) is 83.1 cm³/mol. The molecule has 0 saturated carbocycles. The van der Waals surface area contributed by atoms with E-state index in [0.717, 1.165) is 0 Å². The molecule has 1 aromatic carbocycles. The molecule has 1 aliphatic rings. The van der Waals surface area contributed by atoms with Gasteiger partial charge < -0.3 is 16.6 Å². The van der Waals surface area contributed by atoms with Crippen LogP contribution in [0.2, 0.25) is 0 Å². The summed E-state index contributed by atoms with van der Waals surface area (Å²) in [6, 6.07) is 3.87. The summed E-state index contributed by atoms with van der Waals surface area (Å²) in [6.07, 6.45) is 0. The van der Waals surface area contributed by atoms with E-state index in [0.29, 0.717) is 5.56 Å². The maximum Gasteiger partial charge on any atom is 0.192 e. The molecule has 5 N–H and O–H groups in total. The van der Waals surface area contributed by atoms with E-state index in [9.17, 15) is 14.4 Å². The molecule has 0 saturated heterocycles. The number of halogens is 1. The number of hydrogen-bond donors (Lipinski definition) is 3. The summed E-state index contributed by atoms with van der Waals surface area (Å²) in [5.41, 5.74) is 11.9. The zero-order chi connectivity index (χ0) is 15.7. The molecule has 1 aliphatic carbocycles. The van der Waals surface area contributed by atoms with Crippen molar-refractivity contribution in [2.45, 2.75) is 19.0 Å². The van der Waals surface area contributed by atoms with Crippen LogP contribution < -0.4 is 11.5 Å². The number of hydrogen-bond acceptors (Lipinski definition) is 6. The molecule has 2 rings (SSSR count). The lowest BCUT2D eigenvalue weighted by molar-refractivity contribution is -0.121. The molecule has 0 aliphatic heterocycles. The van der Waals surface area contributed by atoms with Crippen molar-refractivity contribution >= 4 is 29.8 Å². The van der Waals surface area contributed by atoms with Gasteiger partial charge in [0, 0.05) is 22.3 Å². The van der Waals surface area contributed by atoms with Gasteiger partial charge in [-0.1, -0.05) is 24.3 Å². The van der Waals surface area contributed by atoms with Crippen molar-refractivity contribution in [1.82, 2.24) is 0 Å². The predicted octanol–water partition coefficient (Wildman–Crippen LogP) is 0.0199. The fraction of sp³-hybridized carbons (Fsp3) is 0.267. The van der Waals surface area contributed by atoms with Crippen molar-refractivity contribution in [3.8, 4) is 0 Å². The van der Waals surface area contributed by atoms with Crippen molar-refractivity contribution in [1.29, 1.82) is 0 Å². The molecule has 1 aromatic rings. The van der Waals surface area contributed by atoms with Gasteiger partial charge in [0.15, 0.2) is 17.3 Å². The Hall–Kier alpha value is -1.86. The quantitative estimate of drug-likeness (QED) is 0.717. The molecule has 0 radical (unpaired) electrons. The number of aliphatic hydroxyl groups is 1. The first-order valence-electron chi connectivity index (χ1n) is 6.45. The van der Waals surface area contributed by atoms with E-state index >= 15 is 0 Å². The van der Waals surface area contributed by atoms with Crippen LogP contribution in [-0.4, -0.2) is 41.1 Å². The van der Waals surface area contributed by atoms with Gasteiger partial charge in [-0.05, 0) is 6.92 Å². The Labute approximate surface area is 133 Å². The van der Waals surface area contributed by atoms with Crippen LogP contribution in [0.15, 0.2) is 35.4 Å². The second kappa shape index (κ2) is 6.93. The first-order chi connectivity index (χ1) is 9.90. The summed E-state index contributed by atoms with van der Waals surface area (Å²) in [5, 5.41) is 8.92. The normalized spacial score (nSPS) is 16.7. The van der Waals surface area contributed by atoms with Gasteiger partial charge in [0.05, 0.1) is 18.7 Å². The molecule has 0 heterocycles. The highest BCUT2D eigenvalue weighted by atomic mass is 35.5. The average molecular weight is 325 g/mol. The average Bonchev–Trinajstić information content (AvgIpc) is 2.51. The summed E-state index contributed by atoms with van der Waals surface area (Å²) in [7, 11) is 0. The highest BCUT2D eigenvalue weighted by molar-refractivity contribution is 6.28. The summed E-state index contributed by atoms with van der Waals surface area (Å²) in [6.45, 7) is 0.890. The molecule has 7 heteroatoms. The molecule has 0 fully saturated rings. The Kier molecular flexibility index (Phi) is 5.73. The number of aliphatic hydroxyl groups excluding tert-OH is 1. The Morgan fingerprint density at radius 3 is 2.14 bits per heavy atom. The second-order valence-corrected chi connectivity index (χ2v) is 4.91. The Bertz CT molecular complexity index is 669. The number of Topliss-reactive ketones (excluding diaryl/α,β-unsaturated/α-hetero) is 3. The van der Waals surface area contributed by atoms with Crippen LogP contribution >= 0.6 is 12.4 Å². The number of carbonyl (C=O) groups excluding carboxylic acids is 3. The Morgan fingerprint density at radius 2 is 1.64 bits per heavy atom. The maximum atomic E-state index is 12.5. The number of rotatable bonds is 4. The van der Waals surface area contributed by atoms with Gasteiger partial charge in [-0.25, -0.2) is 0 Å². The zero-order valence-corrected chi connectivity index (χ0v) is 12.7. The molecule has 0 spiro atoms. The molecule has 0 aromatic heterocycles. The van der Waals surface area contributed by atoms with Crippen molar-refractivity contribution in [2.24, 2.45) is 11.5 Å². The SMILES string of the molecule is CC1=C(C(N)C(=O)[C@@H](N)CO)C(=O)c2ccccc2C1=O.Cl. The van der Waals surface area contributed by atoms with Gasteiger partial charge >= 0.3 is 0 Å². The van der Waals surface area contributed by atoms with E-state index in [2.05, 4.69) is 0 Å². The molecular formula is C15H17ClN2O4. The highest BCUT2D eigenvalue weighted by Crippen LogP contribution is 2.27. The molecular weight excluding hydrogens is 308 g/mol. The van der Waals surface area contributed by atoms with Crippen molar-refractivity contribution in [2.75, 3.05) is 6.61 Å². The molecule has 0 amide bonds. The summed E-state index contributed by atoms with van der Waals surface area (Å²) >= 11 is 0. The Morgan fingerprint density at radius 1 is 1.14 bits per heavy atom. The van der Waals surface area contributed by atoms with Gasteiger partial charge in [-0.2, -0.15) is 0 Å². The van der Waals surface area contributed by atoms with Crippen molar-refractivity contribution < 1.29 is 19.5 Å². The largest absolute Gasteiger partial charge is 0.394 e. The van der Waals surface area contributed by atoms with Crippen LogP contribution in [0.5, 0.6) is 0 Å².